The second-order valence-electron chi connectivity index (χ2n) is 16.9. The molecule has 26 nitrogen and oxygen atoms in total. The van der Waals surface area contributed by atoms with Crippen LogP contribution in [0.2, 0.25) is 0 Å². The summed E-state index contributed by atoms with van der Waals surface area (Å²) >= 11 is 5.31. The van der Waals surface area contributed by atoms with E-state index in [1.165, 1.54) is 0 Å². The summed E-state index contributed by atoms with van der Waals surface area (Å²) in [5.41, 5.74) is 8.22. The quantitative estimate of drug-likeness (QED) is 0.00548. The van der Waals surface area contributed by atoms with Crippen LogP contribution in [-0.4, -0.2) is 115 Å². The van der Waals surface area contributed by atoms with Crippen LogP contribution in [-0.2, 0) is 61.7 Å². The first-order valence-corrected chi connectivity index (χ1v) is 33.1. The van der Waals surface area contributed by atoms with Gasteiger partial charge in [0, 0.05) is 78.1 Å². The minimum absolute atomic E-state index is 0.0339. The molecule has 6 atom stereocenters. The number of ether oxygens (including phenoxy) is 3. The summed E-state index contributed by atoms with van der Waals surface area (Å²) in [7, 11) is -14.4. The van der Waals surface area contributed by atoms with Crippen LogP contribution in [0, 0.1) is 17.3 Å². The van der Waals surface area contributed by atoms with Crippen LogP contribution < -0.4 is 38.3 Å². The van der Waals surface area contributed by atoms with Gasteiger partial charge in [0.1, 0.15) is 35.2 Å². The Bertz CT molecular complexity index is 3420. The molecule has 3 aromatic rings. The number of carbonyl (C=O) groups is 2. The maximum absolute atomic E-state index is 12.9. The number of carbonyl (C=O) groups excluding carboxylic acids is 1. The van der Waals surface area contributed by atoms with Gasteiger partial charge >= 0.3 is 41.2 Å². The van der Waals surface area contributed by atoms with E-state index in [-0.39, 0.29) is 35.4 Å². The van der Waals surface area contributed by atoms with Crippen LogP contribution in [0.15, 0.2) is 81.4 Å². The van der Waals surface area contributed by atoms with Gasteiger partial charge in [0.2, 0.25) is 0 Å². The van der Waals surface area contributed by atoms with E-state index < -0.39 is 81.2 Å². The predicted octanol–water partition coefficient (Wildman–Crippen LogP) is 5.33. The fourth-order valence-electron chi connectivity index (χ4n) is 7.59. The molecule has 0 bridgehead atoms. The number of aromatic nitrogens is 2. The van der Waals surface area contributed by atoms with Gasteiger partial charge in [-0.15, -0.1) is 0 Å². The number of hydrogen-bond donors (Lipinski definition) is 11. The summed E-state index contributed by atoms with van der Waals surface area (Å²) in [6, 6.07) is 14.7. The van der Waals surface area contributed by atoms with Crippen LogP contribution in [0.1, 0.15) is 60.3 Å². The Labute approximate surface area is 465 Å². The van der Waals surface area contributed by atoms with E-state index in [9.17, 15) is 47.8 Å². The van der Waals surface area contributed by atoms with Crippen LogP contribution in [0.4, 0.5) is 10.5 Å². The van der Waals surface area contributed by atoms with Gasteiger partial charge in [-0.3, -0.25) is 18.9 Å². The second kappa shape index (κ2) is 29.1. The number of benzene rings is 3. The van der Waals surface area contributed by atoms with Gasteiger partial charge in [-0.1, -0.05) is 62.5 Å². The lowest BCUT2D eigenvalue weighted by Crippen LogP contribution is -2.36. The van der Waals surface area contributed by atoms with Crippen molar-refractivity contribution in [1.82, 2.24) is 25.5 Å². The Balaban J connectivity index is 0.871. The number of urea groups is 1. The molecule has 1 aliphatic carbocycles. The summed E-state index contributed by atoms with van der Waals surface area (Å²) in [6.07, 6.45) is -0.160. The number of unbranched alkanes of at least 4 members (excludes halogenated alkanes) is 2. The molecular weight excluding hydrogens is 1180 g/mol. The van der Waals surface area contributed by atoms with Gasteiger partial charge in [0.05, 0.1) is 36.1 Å². The molecule has 428 valence electrons. The molecule has 3 heterocycles. The monoisotopic (exact) mass is 1230 g/mol. The minimum atomic E-state index is -5.80. The number of anilines is 1. The van der Waals surface area contributed by atoms with Crippen molar-refractivity contribution < 1.29 is 79.7 Å². The number of nitrogens with zero attached hydrogens (tertiary/aromatic N) is 1. The number of hydrogen-bond acceptors (Lipinski definition) is 20. The molecule has 0 spiro atoms. The number of phosphoric acid groups is 3. The van der Waals surface area contributed by atoms with E-state index in [2.05, 4.69) is 48.0 Å². The molecule has 1 fully saturated rings. The second-order valence-corrected chi connectivity index (χ2v) is 26.9. The number of fused-ring (bicyclic) bond motifs is 2. The summed E-state index contributed by atoms with van der Waals surface area (Å²) < 4.78 is 71.9. The number of nitrogen functional groups attached to an aromatic ring is 1. The normalized spacial score (nSPS) is 17.3. The Morgan fingerprint density at radius 3 is 2.52 bits per heavy atom. The maximum atomic E-state index is 12.9. The molecule has 1 saturated heterocycles. The number of aromatic carboxylic acids is 1. The van der Waals surface area contributed by atoms with Crippen molar-refractivity contribution in [3.63, 3.8) is 0 Å². The van der Waals surface area contributed by atoms with Crippen molar-refractivity contribution in [1.29, 1.82) is 5.41 Å². The lowest BCUT2D eigenvalue weighted by molar-refractivity contribution is -0.0545. The number of H-pyrrole nitrogens is 1. The first-order valence-electron chi connectivity index (χ1n) is 23.6. The van der Waals surface area contributed by atoms with Crippen LogP contribution >= 0.6 is 45.1 Å². The van der Waals surface area contributed by atoms with E-state index in [0.717, 1.165) is 29.4 Å². The van der Waals surface area contributed by atoms with Crippen LogP contribution in [0.5, 0.6) is 0 Å². The average Bonchev–Trinajstić information content (AvgIpc) is 3.86. The summed E-state index contributed by atoms with van der Waals surface area (Å²) in [4.78, 5) is 89.5. The smallest absolute Gasteiger partial charge is 0.478 e. The number of nitrogens with two attached hydrogens (primary N) is 1. The highest BCUT2D eigenvalue weighted by molar-refractivity contribution is 8.76. The fourth-order valence-corrected chi connectivity index (χ4v) is 12.8. The molecule has 2 amide bonds. The summed E-state index contributed by atoms with van der Waals surface area (Å²) in [5.74, 6) is 6.34. The van der Waals surface area contributed by atoms with Gasteiger partial charge < -0.3 is 70.4 Å². The standard InChI is InChI=1S/C46H56N7O19P3S4/c1-3-79(76)27-67-39-23-41(70-40(39)25-68-74(62,63)72-75(64,65)71-73(59,60)61)53-24-30(43(54)52-46(53)58)8-7-16-51-45(57)50-15-5-4-6-18-66-26-78-77-19-17-49-28(2)29-9-12-33(44(55)56)36(20-29)42-34-13-10-31(47)21-37(34)69-38-22-32(48)11-14-35(38)42/h9-14,20-22,24,39-41,47,49H,2-6,15-19,23,25-27,48H2,1H3,(H,55,56)(H,62,63)(H,64,65)(H2,50,51,57)(H,52,54,58)(H2,59,60,61)/t39?,40-,41-,79?/m1/s1. The summed E-state index contributed by atoms with van der Waals surface area (Å²) in [6.45, 7) is 6.46. The molecule has 12 N–H and O–H groups in total. The molecule has 3 aliphatic rings. The predicted molar refractivity (Wildman–Crippen MR) is 300 cm³/mol. The van der Waals surface area contributed by atoms with E-state index in [0.29, 0.717) is 88.2 Å². The van der Waals surface area contributed by atoms with Gasteiger partial charge in [0.15, 0.2) is 0 Å². The van der Waals surface area contributed by atoms with Crippen molar-refractivity contribution in [3.05, 3.63) is 110 Å². The molecule has 1 aromatic heterocycles. The van der Waals surface area contributed by atoms with Crippen molar-refractivity contribution in [2.75, 3.05) is 62.0 Å². The molecule has 79 heavy (non-hydrogen) atoms. The SMILES string of the molecule is C=C(NCCSSCOCCCCCNC(=O)NCC#Cc1cn([C@H]2CC(OCS(=S)CC)[C@@H](COP(=O)(O)OP(=O)(O)OP(=O)(O)O)O2)c(=O)[nH]c1=O)c1ccc(C(=O)O)c(-c2c3ccc(=N)cc-3oc3cc(N)ccc23)c1. The number of phosphoric ester groups is 1. The minimum Gasteiger partial charge on any atom is -0.478 e. The van der Waals surface area contributed by atoms with Crippen LogP contribution in [0.3, 0.4) is 0 Å². The Kier molecular flexibility index (Phi) is 23.3. The average molecular weight is 1230 g/mol. The number of amides is 2. The highest BCUT2D eigenvalue weighted by Gasteiger charge is 2.44. The topological polar surface area (TPSA) is 396 Å². The van der Waals surface area contributed by atoms with Crippen molar-refractivity contribution in [2.24, 2.45) is 0 Å². The molecule has 0 saturated carbocycles. The lowest BCUT2D eigenvalue weighted by atomic mass is 9.89. The number of nitrogens with one attached hydrogen (secondary N) is 5. The zero-order valence-electron chi connectivity index (χ0n) is 41.9. The molecule has 6 rings (SSSR count). The third kappa shape index (κ3) is 19.3. The number of carboxylic acid groups (broad SMARTS) is 1. The van der Waals surface area contributed by atoms with E-state index in [1.807, 2.05) is 6.92 Å². The third-order valence-corrected chi connectivity index (χ3v) is 19.1. The Hall–Kier alpha value is -4.99. The Morgan fingerprint density at radius 1 is 0.987 bits per heavy atom. The molecule has 4 unspecified atom stereocenters. The zero-order valence-corrected chi connectivity index (χ0v) is 47.8. The highest BCUT2D eigenvalue weighted by atomic mass is 33.1. The van der Waals surface area contributed by atoms with Gasteiger partial charge in [-0.05, 0) is 83.7 Å². The van der Waals surface area contributed by atoms with Crippen molar-refractivity contribution in [2.45, 2.75) is 51.0 Å². The fraction of sp³-hybridized carbons (Fsp3) is 0.370. The molecule has 2 aromatic carbocycles. The van der Waals surface area contributed by atoms with E-state index in [1.54, 1.807) is 76.2 Å². The maximum Gasteiger partial charge on any atom is 0.490 e. The lowest BCUT2D eigenvalue weighted by Gasteiger charge is -2.21. The van der Waals surface area contributed by atoms with E-state index >= 15 is 0 Å². The molecule has 33 heteroatoms. The van der Waals surface area contributed by atoms with Gasteiger partial charge in [-0.2, -0.15) is 8.62 Å². The molecule has 2 aliphatic heterocycles. The third-order valence-electron chi connectivity index (χ3n) is 11.2. The van der Waals surface area contributed by atoms with E-state index in [4.69, 9.17) is 55.3 Å². The van der Waals surface area contributed by atoms with Gasteiger partial charge in [0.25, 0.3) is 5.56 Å². The van der Waals surface area contributed by atoms with Gasteiger partial charge in [-0.25, -0.2) is 28.1 Å². The largest absolute Gasteiger partial charge is 0.490 e. The molecule has 0 radical (unpaired) electrons. The molecular formula is C46H56N7O19P3S4. The number of rotatable bonds is 29. The summed E-state index contributed by atoms with van der Waals surface area (Å²) in [5, 5.41) is 27.8. The number of aromatic amines is 1. The first-order chi connectivity index (χ1) is 37.4. The highest BCUT2D eigenvalue weighted by Crippen LogP contribution is 2.66. The number of carboxylic acids is 1. The zero-order chi connectivity index (χ0) is 57.5. The van der Waals surface area contributed by atoms with Crippen molar-refractivity contribution >= 4 is 100 Å². The Morgan fingerprint density at radius 2 is 1.77 bits per heavy atom. The first kappa shape index (κ1) is 63.2. The van der Waals surface area contributed by atoms with Crippen LogP contribution in [0.25, 0.3) is 39.1 Å². The van der Waals surface area contributed by atoms with Crippen molar-refractivity contribution in [3.8, 4) is 34.3 Å².